The number of carbonyl (C=O) groups is 1. The Bertz CT molecular complexity index is 526. The maximum Gasteiger partial charge on any atom is 0.235 e. The zero-order valence-electron chi connectivity index (χ0n) is 12.8. The molecule has 1 aromatic carbocycles. The normalized spacial score (nSPS) is 12.9. The summed E-state index contributed by atoms with van der Waals surface area (Å²) >= 11 is 0. The summed E-state index contributed by atoms with van der Waals surface area (Å²) < 4.78 is 24.1. The van der Waals surface area contributed by atoms with Crippen LogP contribution in [-0.4, -0.2) is 26.6 Å². The van der Waals surface area contributed by atoms with E-state index in [1.54, 1.807) is 18.2 Å². The van der Waals surface area contributed by atoms with E-state index in [-0.39, 0.29) is 4.90 Å². The van der Waals surface area contributed by atoms with Crippen molar-refractivity contribution in [1.82, 2.24) is 5.32 Å². The standard InChI is InChI=1S/C16H25NO3S/c1-3-5-9-14(4-2)12-17-16(18)13-21(19,20)15-10-7-6-8-11-15/h6-8,10-11,14H,3-5,9,12-13H2,1-2H3,(H,17,18). The van der Waals surface area contributed by atoms with Gasteiger partial charge in [0, 0.05) is 6.54 Å². The molecule has 0 saturated heterocycles. The predicted molar refractivity (Wildman–Crippen MR) is 84.8 cm³/mol. The molecule has 118 valence electrons. The molecular weight excluding hydrogens is 286 g/mol. The van der Waals surface area contributed by atoms with Crippen LogP contribution in [0.2, 0.25) is 0 Å². The number of sulfone groups is 1. The van der Waals surface area contributed by atoms with Gasteiger partial charge in [-0.1, -0.05) is 51.3 Å². The van der Waals surface area contributed by atoms with Gasteiger partial charge in [-0.3, -0.25) is 4.79 Å². The van der Waals surface area contributed by atoms with Gasteiger partial charge in [0.25, 0.3) is 0 Å². The van der Waals surface area contributed by atoms with E-state index in [0.717, 1.165) is 25.7 Å². The molecule has 21 heavy (non-hydrogen) atoms. The number of nitrogens with one attached hydrogen (secondary N) is 1. The third-order valence-corrected chi connectivity index (χ3v) is 5.19. The molecule has 0 heterocycles. The summed E-state index contributed by atoms with van der Waals surface area (Å²) in [5.74, 6) is -0.483. The Morgan fingerprint density at radius 3 is 2.43 bits per heavy atom. The Morgan fingerprint density at radius 2 is 1.86 bits per heavy atom. The number of rotatable bonds is 9. The summed E-state index contributed by atoms with van der Waals surface area (Å²) in [7, 11) is -3.54. The van der Waals surface area contributed by atoms with Crippen LogP contribution in [0, 0.1) is 5.92 Å². The second-order valence-corrected chi connectivity index (χ2v) is 7.28. The lowest BCUT2D eigenvalue weighted by atomic mass is 9.99. The summed E-state index contributed by atoms with van der Waals surface area (Å²) in [6.07, 6.45) is 4.33. The number of hydrogen-bond donors (Lipinski definition) is 1. The summed E-state index contributed by atoms with van der Waals surface area (Å²) in [6, 6.07) is 8.08. The van der Waals surface area contributed by atoms with Crippen molar-refractivity contribution in [3.8, 4) is 0 Å². The van der Waals surface area contributed by atoms with E-state index in [2.05, 4.69) is 19.2 Å². The Hall–Kier alpha value is -1.36. The van der Waals surface area contributed by atoms with Crippen LogP contribution in [0.4, 0.5) is 0 Å². The first kappa shape index (κ1) is 17.7. The van der Waals surface area contributed by atoms with Crippen LogP contribution in [-0.2, 0) is 14.6 Å². The Kier molecular flexibility index (Phi) is 7.43. The number of unbranched alkanes of at least 4 members (excludes halogenated alkanes) is 1. The van der Waals surface area contributed by atoms with Crippen molar-refractivity contribution < 1.29 is 13.2 Å². The lowest BCUT2D eigenvalue weighted by Crippen LogP contribution is -2.34. The average molecular weight is 311 g/mol. The molecule has 1 atom stereocenters. The number of amides is 1. The Morgan fingerprint density at radius 1 is 1.19 bits per heavy atom. The van der Waals surface area contributed by atoms with Crippen LogP contribution in [0.3, 0.4) is 0 Å². The van der Waals surface area contributed by atoms with Crippen molar-refractivity contribution in [1.29, 1.82) is 0 Å². The van der Waals surface area contributed by atoms with Gasteiger partial charge in [-0.2, -0.15) is 0 Å². The monoisotopic (exact) mass is 311 g/mol. The van der Waals surface area contributed by atoms with Crippen molar-refractivity contribution in [2.75, 3.05) is 12.3 Å². The fraction of sp³-hybridized carbons (Fsp3) is 0.562. The van der Waals surface area contributed by atoms with E-state index in [1.165, 1.54) is 12.1 Å². The molecule has 1 unspecified atom stereocenters. The van der Waals surface area contributed by atoms with Gasteiger partial charge in [-0.05, 0) is 24.5 Å². The first-order valence-corrected chi connectivity index (χ1v) is 9.19. The highest BCUT2D eigenvalue weighted by Crippen LogP contribution is 2.12. The highest BCUT2D eigenvalue weighted by molar-refractivity contribution is 7.92. The molecule has 5 heteroatoms. The number of carbonyl (C=O) groups excluding carboxylic acids is 1. The van der Waals surface area contributed by atoms with Crippen molar-refractivity contribution >= 4 is 15.7 Å². The molecule has 0 aromatic heterocycles. The van der Waals surface area contributed by atoms with Gasteiger partial charge in [-0.15, -0.1) is 0 Å². The van der Waals surface area contributed by atoms with Crippen molar-refractivity contribution in [2.24, 2.45) is 5.92 Å². The average Bonchev–Trinajstić information content (AvgIpc) is 2.48. The maximum absolute atomic E-state index is 12.1. The summed E-state index contributed by atoms with van der Waals surface area (Å²) in [6.45, 7) is 4.78. The molecule has 1 aromatic rings. The van der Waals surface area contributed by atoms with Crippen molar-refractivity contribution in [3.05, 3.63) is 30.3 Å². The number of hydrogen-bond acceptors (Lipinski definition) is 3. The Balaban J connectivity index is 2.50. The molecule has 1 amide bonds. The molecule has 0 spiro atoms. The molecule has 0 saturated carbocycles. The van der Waals surface area contributed by atoms with Crippen LogP contribution in [0.25, 0.3) is 0 Å². The zero-order chi connectivity index (χ0) is 15.7. The van der Waals surface area contributed by atoms with E-state index in [0.29, 0.717) is 12.5 Å². The third kappa shape index (κ3) is 6.29. The largest absolute Gasteiger partial charge is 0.355 e. The van der Waals surface area contributed by atoms with Crippen molar-refractivity contribution in [2.45, 2.75) is 44.4 Å². The van der Waals surface area contributed by atoms with Crippen LogP contribution < -0.4 is 5.32 Å². The zero-order valence-corrected chi connectivity index (χ0v) is 13.7. The third-order valence-electron chi connectivity index (χ3n) is 3.55. The molecular formula is C16H25NO3S. The molecule has 4 nitrogen and oxygen atoms in total. The van der Waals surface area contributed by atoms with Gasteiger partial charge in [-0.25, -0.2) is 8.42 Å². The maximum atomic E-state index is 12.1. The van der Waals surface area contributed by atoms with Crippen LogP contribution in [0.1, 0.15) is 39.5 Å². The SMILES string of the molecule is CCCCC(CC)CNC(=O)CS(=O)(=O)c1ccccc1. The minimum absolute atomic E-state index is 0.193. The lowest BCUT2D eigenvalue weighted by Gasteiger charge is -2.15. The second-order valence-electron chi connectivity index (χ2n) is 5.29. The first-order chi connectivity index (χ1) is 9.99. The summed E-state index contributed by atoms with van der Waals surface area (Å²) in [5, 5.41) is 2.75. The predicted octanol–water partition coefficient (Wildman–Crippen LogP) is 2.79. The van der Waals surface area contributed by atoms with Gasteiger partial charge < -0.3 is 5.32 Å². The minimum atomic E-state index is -3.54. The highest BCUT2D eigenvalue weighted by atomic mass is 32.2. The fourth-order valence-corrected chi connectivity index (χ4v) is 3.32. The molecule has 0 aliphatic heterocycles. The van der Waals surface area contributed by atoms with E-state index in [4.69, 9.17) is 0 Å². The van der Waals surface area contributed by atoms with Crippen LogP contribution >= 0.6 is 0 Å². The second kappa shape index (κ2) is 8.82. The highest BCUT2D eigenvalue weighted by Gasteiger charge is 2.19. The summed E-state index contributed by atoms with van der Waals surface area (Å²) in [5.41, 5.74) is 0. The van der Waals surface area contributed by atoms with E-state index in [1.807, 2.05) is 0 Å². The van der Waals surface area contributed by atoms with Crippen LogP contribution in [0.15, 0.2) is 35.2 Å². The molecule has 0 radical (unpaired) electrons. The smallest absolute Gasteiger partial charge is 0.235 e. The van der Waals surface area contributed by atoms with E-state index >= 15 is 0 Å². The van der Waals surface area contributed by atoms with Gasteiger partial charge in [0.2, 0.25) is 5.91 Å². The van der Waals surface area contributed by atoms with E-state index in [9.17, 15) is 13.2 Å². The summed E-state index contributed by atoms with van der Waals surface area (Å²) in [4.78, 5) is 12.0. The fourth-order valence-electron chi connectivity index (χ4n) is 2.14. The lowest BCUT2D eigenvalue weighted by molar-refractivity contribution is -0.118. The molecule has 1 rings (SSSR count). The molecule has 0 aliphatic rings. The number of benzene rings is 1. The van der Waals surface area contributed by atoms with Gasteiger partial charge in [0.1, 0.15) is 5.75 Å². The first-order valence-electron chi connectivity index (χ1n) is 7.54. The molecule has 0 fully saturated rings. The molecule has 0 aliphatic carbocycles. The van der Waals surface area contributed by atoms with Gasteiger partial charge >= 0.3 is 0 Å². The Labute approximate surface area is 127 Å². The quantitative estimate of drug-likeness (QED) is 0.762. The van der Waals surface area contributed by atoms with Crippen LogP contribution in [0.5, 0.6) is 0 Å². The minimum Gasteiger partial charge on any atom is -0.355 e. The van der Waals surface area contributed by atoms with E-state index < -0.39 is 21.5 Å². The van der Waals surface area contributed by atoms with Crippen molar-refractivity contribution in [3.63, 3.8) is 0 Å². The molecule has 0 bridgehead atoms. The van der Waals surface area contributed by atoms with Gasteiger partial charge in [0.15, 0.2) is 9.84 Å². The van der Waals surface area contributed by atoms with Gasteiger partial charge in [0.05, 0.1) is 4.90 Å². The topological polar surface area (TPSA) is 63.2 Å². The molecule has 1 N–H and O–H groups in total.